The Bertz CT molecular complexity index is 122. The van der Waals surface area contributed by atoms with Crippen LogP contribution >= 0.6 is 0 Å². The monoisotopic (exact) mass is 145 g/mol. The molecule has 0 rings (SSSR count). The number of carboxylic acid groups (broad SMARTS) is 1. The Kier molecular flexibility index (Phi) is 5.47. The lowest BCUT2D eigenvalue weighted by Gasteiger charge is -1.96. The van der Waals surface area contributed by atoms with Crippen molar-refractivity contribution in [2.45, 2.75) is 0 Å². The molecule has 0 aromatic carbocycles. The molecular weight excluding hydrogens is 134 g/mol. The largest absolute Gasteiger partial charge is 0.478 e. The zero-order chi connectivity index (χ0) is 7.82. The predicted molar refractivity (Wildman–Crippen MR) is 36.7 cm³/mol. The van der Waals surface area contributed by atoms with Gasteiger partial charge >= 0.3 is 5.97 Å². The molecule has 2 N–H and O–H groups in total. The molecule has 0 aliphatic carbocycles. The third-order valence-corrected chi connectivity index (χ3v) is 0.794. The molecule has 0 aliphatic heterocycles. The van der Waals surface area contributed by atoms with Gasteiger partial charge in [0.2, 0.25) is 0 Å². The van der Waals surface area contributed by atoms with Gasteiger partial charge in [-0.15, -0.1) is 0 Å². The second-order valence-electron chi connectivity index (χ2n) is 1.62. The van der Waals surface area contributed by atoms with Crippen molar-refractivity contribution in [2.24, 2.45) is 0 Å². The van der Waals surface area contributed by atoms with Gasteiger partial charge in [-0.3, -0.25) is 0 Å². The van der Waals surface area contributed by atoms with E-state index in [0.717, 1.165) is 6.08 Å². The van der Waals surface area contributed by atoms with E-state index < -0.39 is 5.97 Å². The molecule has 0 saturated heterocycles. The van der Waals surface area contributed by atoms with Crippen molar-refractivity contribution in [3.63, 3.8) is 0 Å². The fourth-order valence-corrected chi connectivity index (χ4v) is 0.375. The summed E-state index contributed by atoms with van der Waals surface area (Å²) in [6, 6.07) is 0. The molecule has 0 spiro atoms. The number of rotatable bonds is 5. The van der Waals surface area contributed by atoms with Crippen LogP contribution in [-0.2, 0) is 9.53 Å². The fourth-order valence-electron chi connectivity index (χ4n) is 0.375. The Hall–Kier alpha value is -1.03. The van der Waals surface area contributed by atoms with E-state index >= 15 is 0 Å². The Morgan fingerprint density at radius 3 is 3.00 bits per heavy atom. The van der Waals surface area contributed by atoms with Crippen molar-refractivity contribution >= 4 is 5.97 Å². The molecule has 0 fully saturated rings. The lowest BCUT2D eigenvalue weighted by atomic mass is 10.6. The van der Waals surface area contributed by atoms with Crippen LogP contribution in [0.2, 0.25) is 0 Å². The number of aliphatic carboxylic acids is 1. The lowest BCUT2D eigenvalue weighted by molar-refractivity contribution is -0.131. The van der Waals surface area contributed by atoms with Crippen LogP contribution in [0.3, 0.4) is 0 Å². The first kappa shape index (κ1) is 8.97. The topological polar surface area (TPSA) is 58.6 Å². The number of carbonyl (C=O) groups is 1. The summed E-state index contributed by atoms with van der Waals surface area (Å²) < 4.78 is 4.71. The Morgan fingerprint density at radius 2 is 2.50 bits per heavy atom. The molecule has 58 valence electrons. The Balaban J connectivity index is 3.10. The number of nitrogens with one attached hydrogen (secondary N) is 1. The molecule has 0 atom stereocenters. The van der Waals surface area contributed by atoms with Gasteiger partial charge in [0.15, 0.2) is 0 Å². The van der Waals surface area contributed by atoms with Crippen LogP contribution in [0.25, 0.3) is 0 Å². The number of hydrogen-bond donors (Lipinski definition) is 2. The summed E-state index contributed by atoms with van der Waals surface area (Å²) in [5, 5.41) is 10.8. The maximum Gasteiger partial charge on any atom is 0.329 e. The van der Waals surface area contributed by atoms with Crippen molar-refractivity contribution in [3.8, 4) is 0 Å². The zero-order valence-electron chi connectivity index (χ0n) is 5.83. The summed E-state index contributed by atoms with van der Waals surface area (Å²) in [5.74, 6) is -0.954. The number of hydrogen-bond acceptors (Lipinski definition) is 3. The van der Waals surface area contributed by atoms with Crippen molar-refractivity contribution in [3.05, 3.63) is 12.3 Å². The molecule has 0 aromatic heterocycles. The van der Waals surface area contributed by atoms with E-state index in [1.165, 1.54) is 6.20 Å². The zero-order valence-corrected chi connectivity index (χ0v) is 5.83. The Morgan fingerprint density at radius 1 is 1.80 bits per heavy atom. The highest BCUT2D eigenvalue weighted by atomic mass is 16.5. The minimum absolute atomic E-state index is 0.573. The van der Waals surface area contributed by atoms with Gasteiger partial charge in [0, 0.05) is 25.9 Å². The first-order valence-corrected chi connectivity index (χ1v) is 2.89. The average Bonchev–Trinajstić information content (AvgIpc) is 1.87. The van der Waals surface area contributed by atoms with Gasteiger partial charge in [0.25, 0.3) is 0 Å². The first-order valence-electron chi connectivity index (χ1n) is 2.89. The molecular formula is C6H11NO3. The Labute approximate surface area is 59.5 Å². The highest BCUT2D eigenvalue weighted by Crippen LogP contribution is 1.68. The van der Waals surface area contributed by atoms with Crippen molar-refractivity contribution in [1.29, 1.82) is 0 Å². The van der Waals surface area contributed by atoms with Crippen LogP contribution in [-0.4, -0.2) is 31.3 Å². The highest BCUT2D eigenvalue weighted by Gasteiger charge is 1.82. The van der Waals surface area contributed by atoms with E-state index in [0.29, 0.717) is 13.2 Å². The maximum absolute atomic E-state index is 9.87. The molecule has 0 radical (unpaired) electrons. The summed E-state index contributed by atoms with van der Waals surface area (Å²) >= 11 is 0. The van der Waals surface area contributed by atoms with Crippen LogP contribution in [0.1, 0.15) is 0 Å². The van der Waals surface area contributed by atoms with E-state index in [9.17, 15) is 4.79 Å². The lowest BCUT2D eigenvalue weighted by Crippen LogP contribution is -2.12. The van der Waals surface area contributed by atoms with Crippen molar-refractivity contribution in [1.82, 2.24) is 5.32 Å². The summed E-state index contributed by atoms with van der Waals surface area (Å²) in [5.41, 5.74) is 0. The van der Waals surface area contributed by atoms with E-state index in [4.69, 9.17) is 9.84 Å². The molecule has 4 heteroatoms. The molecule has 0 aromatic rings. The van der Waals surface area contributed by atoms with Gasteiger partial charge in [-0.1, -0.05) is 0 Å². The molecule has 0 aliphatic rings. The van der Waals surface area contributed by atoms with Crippen molar-refractivity contribution in [2.75, 3.05) is 20.3 Å². The van der Waals surface area contributed by atoms with Gasteiger partial charge in [-0.05, 0) is 0 Å². The quantitative estimate of drug-likeness (QED) is 0.416. The minimum Gasteiger partial charge on any atom is -0.478 e. The van der Waals surface area contributed by atoms with Gasteiger partial charge in [0.05, 0.1) is 6.61 Å². The average molecular weight is 145 g/mol. The summed E-state index contributed by atoms with van der Waals surface area (Å²) in [6.45, 7) is 1.20. The third-order valence-electron chi connectivity index (χ3n) is 0.794. The van der Waals surface area contributed by atoms with Crippen LogP contribution in [0.15, 0.2) is 12.3 Å². The van der Waals surface area contributed by atoms with Gasteiger partial charge < -0.3 is 15.2 Å². The summed E-state index contributed by atoms with van der Waals surface area (Å²) in [4.78, 5) is 9.87. The summed E-state index contributed by atoms with van der Waals surface area (Å²) in [6.07, 6.45) is 2.41. The molecule has 0 saturated carbocycles. The van der Waals surface area contributed by atoms with Gasteiger partial charge in [-0.2, -0.15) is 0 Å². The third kappa shape index (κ3) is 6.97. The maximum atomic E-state index is 9.87. The first-order chi connectivity index (χ1) is 4.77. The summed E-state index contributed by atoms with van der Waals surface area (Å²) in [7, 11) is 1.59. The SMILES string of the molecule is COCCN/C=C/C(=O)O. The van der Waals surface area contributed by atoms with E-state index in [1.54, 1.807) is 7.11 Å². The highest BCUT2D eigenvalue weighted by molar-refractivity contribution is 5.79. The molecule has 0 heterocycles. The molecule has 0 unspecified atom stereocenters. The van der Waals surface area contributed by atoms with Crippen LogP contribution in [0.4, 0.5) is 0 Å². The smallest absolute Gasteiger partial charge is 0.329 e. The van der Waals surface area contributed by atoms with Gasteiger partial charge in [-0.25, -0.2) is 4.79 Å². The second-order valence-corrected chi connectivity index (χ2v) is 1.62. The minimum atomic E-state index is -0.954. The van der Waals surface area contributed by atoms with Crippen LogP contribution in [0.5, 0.6) is 0 Å². The molecule has 4 nitrogen and oxygen atoms in total. The van der Waals surface area contributed by atoms with Crippen LogP contribution < -0.4 is 5.32 Å². The van der Waals surface area contributed by atoms with Crippen molar-refractivity contribution < 1.29 is 14.6 Å². The second kappa shape index (κ2) is 6.10. The van der Waals surface area contributed by atoms with E-state index in [2.05, 4.69) is 5.32 Å². The molecule has 0 bridgehead atoms. The van der Waals surface area contributed by atoms with Crippen LogP contribution in [0, 0.1) is 0 Å². The number of ether oxygens (including phenoxy) is 1. The number of methoxy groups -OCH3 is 1. The normalized spacial score (nSPS) is 10.1. The van der Waals surface area contributed by atoms with E-state index in [-0.39, 0.29) is 0 Å². The molecule has 0 amide bonds. The molecule has 10 heavy (non-hydrogen) atoms. The van der Waals surface area contributed by atoms with E-state index in [1.807, 2.05) is 0 Å². The van der Waals surface area contributed by atoms with Gasteiger partial charge in [0.1, 0.15) is 0 Å². The fraction of sp³-hybridized carbons (Fsp3) is 0.500. The standard InChI is InChI=1S/C6H11NO3/c1-10-5-4-7-3-2-6(8)9/h2-3,7H,4-5H2,1H3,(H,8,9)/b3-2+. The predicted octanol–water partition coefficient (Wildman–Crippen LogP) is -0.179. The number of carboxylic acids is 1.